The number of rotatable bonds is 6. The van der Waals surface area contributed by atoms with Gasteiger partial charge < -0.3 is 0 Å². The molecule has 242 valence electrons. The first-order chi connectivity index (χ1) is 25.8. The lowest BCUT2D eigenvalue weighted by Gasteiger charge is -2.18. The van der Waals surface area contributed by atoms with Gasteiger partial charge in [-0.05, 0) is 106 Å². The zero-order valence-corrected chi connectivity index (χ0v) is 28.6. The lowest BCUT2D eigenvalue weighted by molar-refractivity contribution is 1.56. The van der Waals surface area contributed by atoms with Crippen molar-refractivity contribution in [1.82, 2.24) is 0 Å². The molecule has 0 spiro atoms. The Balaban J connectivity index is 1.20. The van der Waals surface area contributed by atoms with Crippen molar-refractivity contribution in [3.8, 4) is 89.0 Å². The summed E-state index contributed by atoms with van der Waals surface area (Å²) in [6.45, 7) is 0. The van der Waals surface area contributed by atoms with E-state index in [4.69, 9.17) is 0 Å². The number of fused-ring (bicyclic) bond motifs is 3. The summed E-state index contributed by atoms with van der Waals surface area (Å²) in [5, 5.41) is 2.61. The highest BCUT2D eigenvalue weighted by atomic mass is 14.3. The Hall–Kier alpha value is -6.76. The maximum absolute atomic E-state index is 2.44. The third-order valence-electron chi connectivity index (χ3n) is 10.7. The van der Waals surface area contributed by atoms with Crippen LogP contribution in [0.25, 0.3) is 99.8 Å². The summed E-state index contributed by atoms with van der Waals surface area (Å²) >= 11 is 0. The van der Waals surface area contributed by atoms with E-state index < -0.39 is 0 Å². The van der Waals surface area contributed by atoms with Gasteiger partial charge in [-0.15, -0.1) is 0 Å². The SMILES string of the molecule is c1ccc(-c2cccc(-c3ccccc3)c2-c2ccc3c(c2)-c2cccc4c(-c5c(-c6ccccc6)cccc5-c5ccccc5)ccc-3c24)cc1. The van der Waals surface area contributed by atoms with Crippen molar-refractivity contribution in [3.05, 3.63) is 206 Å². The second-order valence-electron chi connectivity index (χ2n) is 13.6. The fourth-order valence-corrected chi connectivity index (χ4v) is 8.37. The number of benzene rings is 9. The third kappa shape index (κ3) is 4.92. The highest BCUT2D eigenvalue weighted by Gasteiger charge is 2.26. The molecule has 0 saturated heterocycles. The Bertz CT molecular complexity index is 2630. The molecule has 0 aromatic heterocycles. The quantitative estimate of drug-likeness (QED) is 0.167. The molecular formula is C52H34. The average Bonchev–Trinajstić information content (AvgIpc) is 3.55. The maximum Gasteiger partial charge on any atom is -0.00201 e. The normalized spacial score (nSPS) is 11.5. The third-order valence-corrected chi connectivity index (χ3v) is 10.7. The number of hydrogen-bond donors (Lipinski definition) is 0. The van der Waals surface area contributed by atoms with Crippen molar-refractivity contribution >= 4 is 10.8 Å². The molecule has 0 heterocycles. The molecule has 0 radical (unpaired) electrons. The van der Waals surface area contributed by atoms with Crippen LogP contribution in [0.15, 0.2) is 206 Å². The Morgan fingerprint density at radius 3 is 1.08 bits per heavy atom. The van der Waals surface area contributed by atoms with E-state index in [0.29, 0.717) is 0 Å². The minimum Gasteiger partial charge on any atom is -0.0622 e. The molecule has 0 N–H and O–H groups in total. The second kappa shape index (κ2) is 12.5. The van der Waals surface area contributed by atoms with Crippen LogP contribution in [0.5, 0.6) is 0 Å². The Morgan fingerprint density at radius 2 is 0.577 bits per heavy atom. The molecule has 52 heavy (non-hydrogen) atoms. The maximum atomic E-state index is 2.44. The largest absolute Gasteiger partial charge is 0.0622 e. The molecule has 0 heteroatoms. The summed E-state index contributed by atoms with van der Waals surface area (Å²) in [4.78, 5) is 0. The summed E-state index contributed by atoms with van der Waals surface area (Å²) in [6, 6.07) is 75.4. The molecule has 1 aliphatic rings. The molecular weight excluding hydrogens is 625 g/mol. The predicted octanol–water partition coefficient (Wildman–Crippen LogP) is 14.5. The zero-order valence-electron chi connectivity index (χ0n) is 28.6. The van der Waals surface area contributed by atoms with E-state index in [9.17, 15) is 0 Å². The van der Waals surface area contributed by atoms with Crippen LogP contribution in [-0.4, -0.2) is 0 Å². The van der Waals surface area contributed by atoms with E-state index in [0.717, 1.165) is 0 Å². The van der Waals surface area contributed by atoms with Gasteiger partial charge in [0.15, 0.2) is 0 Å². The zero-order chi connectivity index (χ0) is 34.4. The van der Waals surface area contributed by atoms with Crippen molar-refractivity contribution in [2.24, 2.45) is 0 Å². The van der Waals surface area contributed by atoms with Gasteiger partial charge in [0.1, 0.15) is 0 Å². The molecule has 1 aliphatic carbocycles. The minimum absolute atomic E-state index is 1.22. The number of hydrogen-bond acceptors (Lipinski definition) is 0. The van der Waals surface area contributed by atoms with Crippen LogP contribution in [0.2, 0.25) is 0 Å². The van der Waals surface area contributed by atoms with E-state index in [1.54, 1.807) is 0 Å². The smallest absolute Gasteiger partial charge is 0.00201 e. The van der Waals surface area contributed by atoms with Gasteiger partial charge in [0, 0.05) is 0 Å². The van der Waals surface area contributed by atoms with Gasteiger partial charge in [0.05, 0.1) is 0 Å². The first-order valence-corrected chi connectivity index (χ1v) is 18.0. The predicted molar refractivity (Wildman–Crippen MR) is 221 cm³/mol. The van der Waals surface area contributed by atoms with Crippen molar-refractivity contribution in [2.45, 2.75) is 0 Å². The highest BCUT2D eigenvalue weighted by Crippen LogP contribution is 2.53. The fraction of sp³-hybridized carbons (Fsp3) is 0. The van der Waals surface area contributed by atoms with Crippen LogP contribution >= 0.6 is 0 Å². The first kappa shape index (κ1) is 30.1. The average molecular weight is 659 g/mol. The van der Waals surface area contributed by atoms with Crippen LogP contribution in [-0.2, 0) is 0 Å². The van der Waals surface area contributed by atoms with Crippen LogP contribution < -0.4 is 0 Å². The molecule has 0 fully saturated rings. The molecule has 9 aromatic rings. The highest BCUT2D eigenvalue weighted by molar-refractivity contribution is 6.20. The summed E-state index contributed by atoms with van der Waals surface area (Å²) in [5.74, 6) is 0. The monoisotopic (exact) mass is 658 g/mol. The molecule has 0 nitrogen and oxygen atoms in total. The lowest BCUT2D eigenvalue weighted by Crippen LogP contribution is -1.92. The van der Waals surface area contributed by atoms with Crippen molar-refractivity contribution in [2.75, 3.05) is 0 Å². The molecule has 0 amide bonds. The molecule has 10 rings (SSSR count). The van der Waals surface area contributed by atoms with Gasteiger partial charge in [-0.2, -0.15) is 0 Å². The van der Waals surface area contributed by atoms with Gasteiger partial charge in [0.2, 0.25) is 0 Å². The minimum atomic E-state index is 1.22. The van der Waals surface area contributed by atoms with Gasteiger partial charge in [0.25, 0.3) is 0 Å². The molecule has 0 bridgehead atoms. The van der Waals surface area contributed by atoms with Gasteiger partial charge in [-0.25, -0.2) is 0 Å². The van der Waals surface area contributed by atoms with Crippen LogP contribution in [0, 0.1) is 0 Å². The summed E-state index contributed by atoms with van der Waals surface area (Å²) in [5.41, 5.74) is 20.0. The Kier molecular flexibility index (Phi) is 7.25. The van der Waals surface area contributed by atoms with Gasteiger partial charge in [-0.3, -0.25) is 0 Å². The summed E-state index contributed by atoms with van der Waals surface area (Å²) in [6.07, 6.45) is 0. The van der Waals surface area contributed by atoms with E-state index in [-0.39, 0.29) is 0 Å². The topological polar surface area (TPSA) is 0 Å². The molecule has 0 atom stereocenters. The molecule has 0 unspecified atom stereocenters. The van der Waals surface area contributed by atoms with Crippen molar-refractivity contribution in [1.29, 1.82) is 0 Å². The first-order valence-electron chi connectivity index (χ1n) is 18.0. The lowest BCUT2D eigenvalue weighted by atomic mass is 9.85. The van der Waals surface area contributed by atoms with E-state index in [2.05, 4.69) is 206 Å². The van der Waals surface area contributed by atoms with Crippen molar-refractivity contribution < 1.29 is 0 Å². The van der Waals surface area contributed by atoms with Crippen LogP contribution in [0.4, 0.5) is 0 Å². The summed E-state index contributed by atoms with van der Waals surface area (Å²) in [7, 11) is 0. The molecule has 0 aliphatic heterocycles. The van der Waals surface area contributed by atoms with E-state index in [1.165, 1.54) is 99.8 Å². The Labute approximate surface area is 305 Å². The second-order valence-corrected chi connectivity index (χ2v) is 13.6. The van der Waals surface area contributed by atoms with Crippen LogP contribution in [0.1, 0.15) is 0 Å². The summed E-state index contributed by atoms with van der Waals surface area (Å²) < 4.78 is 0. The van der Waals surface area contributed by atoms with Gasteiger partial charge >= 0.3 is 0 Å². The fourth-order valence-electron chi connectivity index (χ4n) is 8.37. The Morgan fingerprint density at radius 1 is 0.192 bits per heavy atom. The standard InChI is InChI=1S/C52H34/c1-5-16-35(17-6-1)40-24-13-25-41(36-18-7-2-8-19-36)50(40)39-30-31-44-47-32-33-48(45-28-15-29-46(52(45)47)49(44)34-39)51-42(37-20-9-3-10-21-37)26-14-27-43(51)38-22-11-4-12-23-38/h1-34H. The van der Waals surface area contributed by atoms with E-state index >= 15 is 0 Å². The molecule has 0 saturated carbocycles. The van der Waals surface area contributed by atoms with Crippen molar-refractivity contribution in [3.63, 3.8) is 0 Å². The van der Waals surface area contributed by atoms with Gasteiger partial charge in [-0.1, -0.05) is 200 Å². The van der Waals surface area contributed by atoms with Crippen LogP contribution in [0.3, 0.4) is 0 Å². The molecule has 9 aromatic carbocycles. The van der Waals surface area contributed by atoms with E-state index in [1.807, 2.05) is 0 Å².